The molecule has 1 aliphatic rings. The molecule has 1 rings (SSSR count). The van der Waals surface area contributed by atoms with E-state index >= 15 is 0 Å². The lowest BCUT2D eigenvalue weighted by molar-refractivity contribution is 0.176. The van der Waals surface area contributed by atoms with Gasteiger partial charge >= 0.3 is 6.03 Å². The molecule has 0 aromatic heterocycles. The molecule has 0 aromatic carbocycles. The third kappa shape index (κ3) is 3.09. The van der Waals surface area contributed by atoms with Crippen LogP contribution in [0.3, 0.4) is 0 Å². The fraction of sp³-hybridized carbons (Fsp3) is 0.700. The number of urea groups is 1. The zero-order valence-corrected chi connectivity index (χ0v) is 8.47. The van der Waals surface area contributed by atoms with Gasteiger partial charge in [0.05, 0.1) is 0 Å². The number of nitrogens with one attached hydrogen (secondary N) is 1. The Labute approximate surface area is 79.8 Å². The maximum atomic E-state index is 11.5. The number of hydrogen-bond donors (Lipinski definition) is 1. The van der Waals surface area contributed by atoms with Crippen molar-refractivity contribution in [3.05, 3.63) is 12.3 Å². The van der Waals surface area contributed by atoms with Gasteiger partial charge < -0.3 is 10.2 Å². The summed E-state index contributed by atoms with van der Waals surface area (Å²) in [5.74, 6) is 0.758. The summed E-state index contributed by atoms with van der Waals surface area (Å²) in [4.78, 5) is 13.3. The van der Waals surface area contributed by atoms with Crippen LogP contribution < -0.4 is 5.32 Å². The van der Waals surface area contributed by atoms with Gasteiger partial charge in [0, 0.05) is 18.8 Å². The van der Waals surface area contributed by atoms with Gasteiger partial charge in [-0.1, -0.05) is 13.5 Å². The van der Waals surface area contributed by atoms with Crippen LogP contribution in [-0.2, 0) is 0 Å². The highest BCUT2D eigenvalue weighted by atomic mass is 16.2. The Bertz CT molecular complexity index is 205. The minimum absolute atomic E-state index is 0.000556. The topological polar surface area (TPSA) is 32.3 Å². The van der Waals surface area contributed by atoms with Crippen molar-refractivity contribution in [1.29, 1.82) is 0 Å². The van der Waals surface area contributed by atoms with E-state index in [9.17, 15) is 4.79 Å². The maximum absolute atomic E-state index is 11.5. The van der Waals surface area contributed by atoms with E-state index in [1.165, 1.54) is 0 Å². The van der Waals surface area contributed by atoms with Gasteiger partial charge in [-0.3, -0.25) is 0 Å². The van der Waals surface area contributed by atoms with E-state index in [1.54, 1.807) is 6.92 Å². The predicted octanol–water partition coefficient (Wildman–Crippen LogP) is 1.96. The standard InChI is InChI=1S/C10H18N2O/c1-8(2)11-10(13)12-6-4-9(3)5-7-12/h9H,1,4-7H2,2-3H3,(H,11,13). The smallest absolute Gasteiger partial charge is 0.321 e. The van der Waals surface area contributed by atoms with Crippen molar-refractivity contribution >= 4 is 6.03 Å². The van der Waals surface area contributed by atoms with Crippen LogP contribution in [0.5, 0.6) is 0 Å². The Hall–Kier alpha value is -0.990. The molecule has 1 saturated heterocycles. The molecule has 13 heavy (non-hydrogen) atoms. The first-order valence-corrected chi connectivity index (χ1v) is 4.81. The number of carbonyl (C=O) groups is 1. The van der Waals surface area contributed by atoms with Crippen LogP contribution in [0.25, 0.3) is 0 Å². The van der Waals surface area contributed by atoms with Crippen molar-refractivity contribution in [2.24, 2.45) is 5.92 Å². The van der Waals surface area contributed by atoms with Crippen molar-refractivity contribution < 1.29 is 4.79 Å². The summed E-state index contributed by atoms with van der Waals surface area (Å²) in [6.45, 7) is 9.42. The Balaban J connectivity index is 2.36. The lowest BCUT2D eigenvalue weighted by Crippen LogP contribution is -2.43. The number of carbonyl (C=O) groups excluding carboxylic acids is 1. The van der Waals surface area contributed by atoms with Crippen LogP contribution in [0.1, 0.15) is 26.7 Å². The summed E-state index contributed by atoms with van der Waals surface area (Å²) in [7, 11) is 0. The molecular weight excluding hydrogens is 164 g/mol. The van der Waals surface area contributed by atoms with Crippen molar-refractivity contribution in [2.75, 3.05) is 13.1 Å². The van der Waals surface area contributed by atoms with Crippen molar-refractivity contribution in [3.8, 4) is 0 Å². The zero-order chi connectivity index (χ0) is 9.84. The number of hydrogen-bond acceptors (Lipinski definition) is 1. The zero-order valence-electron chi connectivity index (χ0n) is 8.47. The first-order valence-electron chi connectivity index (χ1n) is 4.81. The summed E-state index contributed by atoms with van der Waals surface area (Å²) in [6.07, 6.45) is 2.23. The Morgan fingerprint density at radius 1 is 1.46 bits per heavy atom. The molecule has 0 bridgehead atoms. The third-order valence-corrected chi connectivity index (χ3v) is 2.39. The predicted molar refractivity (Wildman–Crippen MR) is 53.3 cm³/mol. The maximum Gasteiger partial charge on any atom is 0.321 e. The second-order valence-electron chi connectivity index (χ2n) is 3.88. The van der Waals surface area contributed by atoms with Gasteiger partial charge in [0.15, 0.2) is 0 Å². The molecule has 2 amide bonds. The molecule has 74 valence electrons. The van der Waals surface area contributed by atoms with Crippen LogP contribution in [0.4, 0.5) is 4.79 Å². The van der Waals surface area contributed by atoms with E-state index < -0.39 is 0 Å². The van der Waals surface area contributed by atoms with E-state index in [0.29, 0.717) is 5.70 Å². The fourth-order valence-electron chi connectivity index (χ4n) is 1.47. The van der Waals surface area contributed by atoms with Crippen molar-refractivity contribution in [1.82, 2.24) is 10.2 Å². The summed E-state index contributed by atoms with van der Waals surface area (Å²) >= 11 is 0. The molecule has 1 aliphatic heterocycles. The van der Waals surface area contributed by atoms with E-state index in [1.807, 2.05) is 4.90 Å². The van der Waals surface area contributed by atoms with E-state index in [4.69, 9.17) is 0 Å². The summed E-state index contributed by atoms with van der Waals surface area (Å²) in [5, 5.41) is 2.72. The van der Waals surface area contributed by atoms with Crippen LogP contribution in [0.15, 0.2) is 12.3 Å². The molecule has 1 N–H and O–H groups in total. The number of amides is 2. The lowest BCUT2D eigenvalue weighted by Gasteiger charge is -2.30. The minimum Gasteiger partial charge on any atom is -0.325 e. The summed E-state index contributed by atoms with van der Waals surface area (Å²) < 4.78 is 0. The highest BCUT2D eigenvalue weighted by Crippen LogP contribution is 2.15. The number of piperidine rings is 1. The molecule has 0 spiro atoms. The molecule has 0 unspecified atom stereocenters. The van der Waals surface area contributed by atoms with Crippen LogP contribution in [0, 0.1) is 5.92 Å². The Morgan fingerprint density at radius 2 is 2.00 bits per heavy atom. The van der Waals surface area contributed by atoms with E-state index in [0.717, 1.165) is 31.8 Å². The van der Waals surface area contributed by atoms with Gasteiger partial charge in [-0.2, -0.15) is 0 Å². The first kappa shape index (κ1) is 10.1. The Morgan fingerprint density at radius 3 is 2.46 bits per heavy atom. The van der Waals surface area contributed by atoms with Gasteiger partial charge in [-0.05, 0) is 25.7 Å². The SMILES string of the molecule is C=C(C)NC(=O)N1CCC(C)CC1. The highest BCUT2D eigenvalue weighted by Gasteiger charge is 2.19. The molecule has 1 heterocycles. The molecule has 3 heteroatoms. The summed E-state index contributed by atoms with van der Waals surface area (Å²) in [5.41, 5.74) is 0.712. The Kier molecular flexibility index (Phi) is 3.34. The van der Waals surface area contributed by atoms with Crippen LogP contribution in [-0.4, -0.2) is 24.0 Å². The average Bonchev–Trinajstić information content (AvgIpc) is 2.04. The summed E-state index contributed by atoms with van der Waals surface area (Å²) in [6, 6.07) is -0.000556. The van der Waals surface area contributed by atoms with Gasteiger partial charge in [0.1, 0.15) is 0 Å². The normalized spacial score (nSPS) is 18.5. The largest absolute Gasteiger partial charge is 0.325 e. The molecule has 0 atom stereocenters. The van der Waals surface area contributed by atoms with Gasteiger partial charge in [-0.15, -0.1) is 0 Å². The fourth-order valence-corrected chi connectivity index (χ4v) is 1.47. The number of rotatable bonds is 1. The van der Waals surface area contributed by atoms with Crippen LogP contribution in [0.2, 0.25) is 0 Å². The van der Waals surface area contributed by atoms with Crippen molar-refractivity contribution in [3.63, 3.8) is 0 Å². The molecule has 0 aromatic rings. The third-order valence-electron chi connectivity index (χ3n) is 2.39. The van der Waals surface area contributed by atoms with Gasteiger partial charge in [0.2, 0.25) is 0 Å². The minimum atomic E-state index is -0.000556. The molecule has 3 nitrogen and oxygen atoms in total. The van der Waals surface area contributed by atoms with E-state index in [2.05, 4.69) is 18.8 Å². The first-order chi connectivity index (χ1) is 6.09. The van der Waals surface area contributed by atoms with Crippen LogP contribution >= 0.6 is 0 Å². The quantitative estimate of drug-likeness (QED) is 0.660. The molecule has 0 saturated carbocycles. The highest BCUT2D eigenvalue weighted by molar-refractivity contribution is 5.75. The average molecular weight is 182 g/mol. The van der Waals surface area contributed by atoms with E-state index in [-0.39, 0.29) is 6.03 Å². The molecule has 1 fully saturated rings. The van der Waals surface area contributed by atoms with Gasteiger partial charge in [-0.25, -0.2) is 4.79 Å². The molecule has 0 aliphatic carbocycles. The molecular formula is C10H18N2O. The monoisotopic (exact) mass is 182 g/mol. The van der Waals surface area contributed by atoms with Gasteiger partial charge in [0.25, 0.3) is 0 Å². The van der Waals surface area contributed by atoms with Crippen molar-refractivity contribution in [2.45, 2.75) is 26.7 Å². The number of likely N-dealkylation sites (tertiary alicyclic amines) is 1. The second-order valence-corrected chi connectivity index (χ2v) is 3.88. The lowest BCUT2D eigenvalue weighted by atomic mass is 10.00. The number of allylic oxidation sites excluding steroid dienone is 1. The number of nitrogens with zero attached hydrogens (tertiary/aromatic N) is 1. The molecule has 0 radical (unpaired) electrons. The second kappa shape index (κ2) is 4.30.